The quantitative estimate of drug-likeness (QED) is 0.844. The van der Waals surface area contributed by atoms with E-state index in [2.05, 4.69) is 10.2 Å². The Hall–Kier alpha value is -1.59. The summed E-state index contributed by atoms with van der Waals surface area (Å²) in [5.41, 5.74) is 0. The van der Waals surface area contributed by atoms with Crippen molar-refractivity contribution >= 4 is 12.0 Å². The van der Waals surface area contributed by atoms with E-state index in [4.69, 9.17) is 9.15 Å². The predicted molar refractivity (Wildman–Crippen MR) is 84.3 cm³/mol. The van der Waals surface area contributed by atoms with Gasteiger partial charge < -0.3 is 14.5 Å². The van der Waals surface area contributed by atoms with Crippen molar-refractivity contribution in [1.29, 1.82) is 0 Å². The van der Waals surface area contributed by atoms with Gasteiger partial charge in [-0.15, -0.1) is 0 Å². The summed E-state index contributed by atoms with van der Waals surface area (Å²) in [4.78, 5) is 14.3. The van der Waals surface area contributed by atoms with Crippen LogP contribution in [-0.4, -0.2) is 49.7 Å². The SMILES string of the molecule is O=C(/C=C/c1ccco1)NCC1CCN(C2CCOC2)CC1. The predicted octanol–water partition coefficient (Wildman–Crippen LogP) is 1.91. The highest BCUT2D eigenvalue weighted by atomic mass is 16.5. The molecule has 1 amide bonds. The molecule has 1 aromatic heterocycles. The molecule has 0 spiro atoms. The Labute approximate surface area is 131 Å². The van der Waals surface area contributed by atoms with Crippen LogP contribution in [0.1, 0.15) is 25.0 Å². The van der Waals surface area contributed by atoms with E-state index < -0.39 is 0 Å². The molecule has 0 saturated carbocycles. The highest BCUT2D eigenvalue weighted by Crippen LogP contribution is 2.21. The van der Waals surface area contributed by atoms with Crippen LogP contribution < -0.4 is 5.32 Å². The maximum atomic E-state index is 11.8. The van der Waals surface area contributed by atoms with E-state index in [0.29, 0.717) is 17.7 Å². The Bertz CT molecular complexity index is 484. The van der Waals surface area contributed by atoms with E-state index in [0.717, 1.165) is 45.7 Å². The van der Waals surface area contributed by atoms with Crippen LogP contribution in [-0.2, 0) is 9.53 Å². The van der Waals surface area contributed by atoms with Crippen LogP contribution in [0.2, 0.25) is 0 Å². The van der Waals surface area contributed by atoms with Gasteiger partial charge in [0.05, 0.1) is 12.9 Å². The van der Waals surface area contributed by atoms with Crippen molar-refractivity contribution in [2.45, 2.75) is 25.3 Å². The fraction of sp³-hybridized carbons (Fsp3) is 0.588. The van der Waals surface area contributed by atoms with Crippen LogP contribution >= 0.6 is 0 Å². The maximum absolute atomic E-state index is 11.8. The van der Waals surface area contributed by atoms with Crippen molar-refractivity contribution in [1.82, 2.24) is 10.2 Å². The van der Waals surface area contributed by atoms with Crippen LogP contribution in [0, 0.1) is 5.92 Å². The Morgan fingerprint density at radius 2 is 2.23 bits per heavy atom. The van der Waals surface area contributed by atoms with Crippen LogP contribution in [0.5, 0.6) is 0 Å². The number of nitrogens with zero attached hydrogens (tertiary/aromatic N) is 1. The van der Waals surface area contributed by atoms with Gasteiger partial charge in [0.15, 0.2) is 0 Å². The average Bonchev–Trinajstić information content (AvgIpc) is 3.24. The van der Waals surface area contributed by atoms with Gasteiger partial charge in [-0.1, -0.05) is 0 Å². The second-order valence-corrected chi connectivity index (χ2v) is 6.09. The highest BCUT2D eigenvalue weighted by Gasteiger charge is 2.27. The van der Waals surface area contributed by atoms with E-state index in [1.807, 2.05) is 6.07 Å². The number of carbonyl (C=O) groups excluding carboxylic acids is 1. The molecule has 120 valence electrons. The van der Waals surface area contributed by atoms with E-state index >= 15 is 0 Å². The number of piperidine rings is 1. The lowest BCUT2D eigenvalue weighted by Gasteiger charge is -2.35. The number of hydrogen-bond donors (Lipinski definition) is 1. The second kappa shape index (κ2) is 7.61. The summed E-state index contributed by atoms with van der Waals surface area (Å²) in [6, 6.07) is 4.25. The molecular formula is C17H24N2O3. The summed E-state index contributed by atoms with van der Waals surface area (Å²) < 4.78 is 10.6. The first-order valence-corrected chi connectivity index (χ1v) is 8.12. The summed E-state index contributed by atoms with van der Waals surface area (Å²) in [5.74, 6) is 1.23. The first kappa shape index (κ1) is 15.3. The van der Waals surface area contributed by atoms with Crippen LogP contribution in [0.25, 0.3) is 6.08 Å². The zero-order valence-corrected chi connectivity index (χ0v) is 12.9. The molecule has 2 saturated heterocycles. The van der Waals surface area contributed by atoms with Gasteiger partial charge in [0.1, 0.15) is 5.76 Å². The Balaban J connectivity index is 1.35. The van der Waals surface area contributed by atoms with Gasteiger partial charge in [-0.05, 0) is 56.5 Å². The van der Waals surface area contributed by atoms with E-state index in [1.165, 1.54) is 12.5 Å². The van der Waals surface area contributed by atoms with Gasteiger partial charge in [-0.25, -0.2) is 0 Å². The topological polar surface area (TPSA) is 54.7 Å². The van der Waals surface area contributed by atoms with Crippen molar-refractivity contribution in [3.05, 3.63) is 30.2 Å². The normalized spacial score (nSPS) is 24.1. The lowest BCUT2D eigenvalue weighted by molar-refractivity contribution is -0.116. The summed E-state index contributed by atoms with van der Waals surface area (Å²) in [6.45, 7) is 4.80. The molecule has 5 heteroatoms. The van der Waals surface area contributed by atoms with Crippen molar-refractivity contribution in [2.75, 3.05) is 32.8 Å². The molecule has 1 aromatic rings. The number of nitrogens with one attached hydrogen (secondary N) is 1. The molecule has 1 atom stereocenters. The molecule has 2 aliphatic heterocycles. The molecular weight excluding hydrogens is 280 g/mol. The van der Waals surface area contributed by atoms with Crippen molar-refractivity contribution in [2.24, 2.45) is 5.92 Å². The molecule has 2 aliphatic rings. The van der Waals surface area contributed by atoms with Gasteiger partial charge in [0, 0.05) is 25.3 Å². The van der Waals surface area contributed by atoms with Gasteiger partial charge >= 0.3 is 0 Å². The zero-order chi connectivity index (χ0) is 15.2. The average molecular weight is 304 g/mol. The number of rotatable bonds is 5. The number of amides is 1. The lowest BCUT2D eigenvalue weighted by Crippen LogP contribution is -2.43. The summed E-state index contributed by atoms with van der Waals surface area (Å²) in [5, 5.41) is 2.99. The van der Waals surface area contributed by atoms with Gasteiger partial charge in [0.2, 0.25) is 5.91 Å². The third kappa shape index (κ3) is 4.21. The molecule has 3 heterocycles. The highest BCUT2D eigenvalue weighted by molar-refractivity contribution is 5.91. The van der Waals surface area contributed by atoms with Crippen LogP contribution in [0.3, 0.4) is 0 Å². The summed E-state index contributed by atoms with van der Waals surface area (Å²) >= 11 is 0. The monoisotopic (exact) mass is 304 g/mol. The largest absolute Gasteiger partial charge is 0.465 e. The fourth-order valence-corrected chi connectivity index (χ4v) is 3.18. The molecule has 1 unspecified atom stereocenters. The van der Waals surface area contributed by atoms with Crippen LogP contribution in [0.4, 0.5) is 0 Å². The van der Waals surface area contributed by atoms with Crippen LogP contribution in [0.15, 0.2) is 28.9 Å². The molecule has 0 radical (unpaired) electrons. The first-order valence-electron chi connectivity index (χ1n) is 8.12. The lowest BCUT2D eigenvalue weighted by atomic mass is 9.95. The molecule has 5 nitrogen and oxygen atoms in total. The van der Waals surface area contributed by atoms with Gasteiger partial charge in [-0.3, -0.25) is 9.69 Å². The smallest absolute Gasteiger partial charge is 0.244 e. The minimum atomic E-state index is -0.0528. The first-order chi connectivity index (χ1) is 10.8. The fourth-order valence-electron chi connectivity index (χ4n) is 3.18. The number of carbonyl (C=O) groups is 1. The molecule has 22 heavy (non-hydrogen) atoms. The number of hydrogen-bond acceptors (Lipinski definition) is 4. The van der Waals surface area contributed by atoms with Crippen molar-refractivity contribution in [3.63, 3.8) is 0 Å². The zero-order valence-electron chi connectivity index (χ0n) is 12.9. The summed E-state index contributed by atoms with van der Waals surface area (Å²) in [7, 11) is 0. The van der Waals surface area contributed by atoms with Gasteiger partial charge in [-0.2, -0.15) is 0 Å². The molecule has 0 aromatic carbocycles. The van der Waals surface area contributed by atoms with Crippen molar-refractivity contribution in [3.8, 4) is 0 Å². The third-order valence-electron chi connectivity index (χ3n) is 4.58. The maximum Gasteiger partial charge on any atom is 0.244 e. The Morgan fingerprint density at radius 1 is 1.36 bits per heavy atom. The molecule has 3 rings (SSSR count). The number of ether oxygens (including phenoxy) is 1. The molecule has 0 aliphatic carbocycles. The second-order valence-electron chi connectivity index (χ2n) is 6.09. The van der Waals surface area contributed by atoms with Crippen molar-refractivity contribution < 1.29 is 13.9 Å². The number of furan rings is 1. The Morgan fingerprint density at radius 3 is 2.91 bits per heavy atom. The van der Waals surface area contributed by atoms with E-state index in [-0.39, 0.29) is 5.91 Å². The Kier molecular flexibility index (Phi) is 5.29. The third-order valence-corrected chi connectivity index (χ3v) is 4.58. The molecule has 2 fully saturated rings. The molecule has 0 bridgehead atoms. The van der Waals surface area contributed by atoms with E-state index in [9.17, 15) is 4.79 Å². The number of likely N-dealkylation sites (tertiary alicyclic amines) is 1. The molecule has 1 N–H and O–H groups in total. The standard InChI is InChI=1S/C17H24N2O3/c20-17(4-3-16-2-1-10-22-16)18-12-14-5-8-19(9-6-14)15-7-11-21-13-15/h1-4,10,14-15H,5-9,11-13H2,(H,18,20)/b4-3+. The minimum Gasteiger partial charge on any atom is -0.465 e. The van der Waals surface area contributed by atoms with Gasteiger partial charge in [0.25, 0.3) is 0 Å². The van der Waals surface area contributed by atoms with E-state index in [1.54, 1.807) is 18.4 Å². The minimum absolute atomic E-state index is 0.0528. The summed E-state index contributed by atoms with van der Waals surface area (Å²) in [6.07, 6.45) is 8.29.